The van der Waals surface area contributed by atoms with Crippen molar-refractivity contribution in [3.63, 3.8) is 0 Å². The maximum absolute atomic E-state index is 3.71. The molecule has 2 saturated carbocycles. The van der Waals surface area contributed by atoms with E-state index in [0.717, 1.165) is 35.6 Å². The molecule has 3 unspecified atom stereocenters. The van der Waals surface area contributed by atoms with Crippen molar-refractivity contribution in [2.75, 3.05) is 7.05 Å². The normalized spacial score (nSPS) is 38.4. The summed E-state index contributed by atoms with van der Waals surface area (Å²) in [5.74, 6) is 4.76. The van der Waals surface area contributed by atoms with Crippen LogP contribution in [-0.2, 0) is 0 Å². The van der Waals surface area contributed by atoms with Gasteiger partial charge in [0.05, 0.1) is 0 Å². The molecule has 0 amide bonds. The van der Waals surface area contributed by atoms with Crippen LogP contribution < -0.4 is 5.32 Å². The van der Waals surface area contributed by atoms with Gasteiger partial charge in [0.2, 0.25) is 0 Å². The van der Waals surface area contributed by atoms with E-state index in [1.165, 1.54) is 51.4 Å². The quantitative estimate of drug-likeness (QED) is 0.765. The fourth-order valence-corrected chi connectivity index (χ4v) is 4.83. The Bertz CT molecular complexity index is 252. The highest BCUT2D eigenvalue weighted by molar-refractivity contribution is 4.88. The molecule has 2 rings (SSSR count). The summed E-state index contributed by atoms with van der Waals surface area (Å²) >= 11 is 0. The lowest BCUT2D eigenvalue weighted by atomic mass is 9.68. The van der Waals surface area contributed by atoms with Gasteiger partial charge in [-0.1, -0.05) is 33.6 Å². The number of hydrogen-bond acceptors (Lipinski definition) is 1. The fourth-order valence-electron chi connectivity index (χ4n) is 4.83. The summed E-state index contributed by atoms with van der Waals surface area (Å²) in [5, 5.41) is 3.71. The minimum absolute atomic E-state index is 0.802. The third kappa shape index (κ3) is 3.97. The highest BCUT2D eigenvalue weighted by atomic mass is 14.9. The molecule has 19 heavy (non-hydrogen) atoms. The van der Waals surface area contributed by atoms with Crippen molar-refractivity contribution < 1.29 is 0 Å². The van der Waals surface area contributed by atoms with Gasteiger partial charge in [0.1, 0.15) is 0 Å². The number of rotatable bonds is 4. The molecule has 0 bridgehead atoms. The van der Waals surface area contributed by atoms with Crippen LogP contribution in [0.2, 0.25) is 0 Å². The largest absolute Gasteiger partial charge is 0.316 e. The van der Waals surface area contributed by atoms with Crippen LogP contribution in [0.1, 0.15) is 72.1 Å². The third-order valence-electron chi connectivity index (χ3n) is 6.09. The molecule has 1 N–H and O–H groups in total. The average molecular weight is 265 g/mol. The predicted molar refractivity (Wildman–Crippen MR) is 84.3 cm³/mol. The van der Waals surface area contributed by atoms with Crippen LogP contribution in [0, 0.1) is 29.6 Å². The van der Waals surface area contributed by atoms with E-state index in [1.54, 1.807) is 0 Å². The minimum Gasteiger partial charge on any atom is -0.316 e. The van der Waals surface area contributed by atoms with Gasteiger partial charge in [0, 0.05) is 6.04 Å². The maximum atomic E-state index is 3.71. The molecule has 3 atom stereocenters. The topological polar surface area (TPSA) is 12.0 Å². The zero-order chi connectivity index (χ0) is 13.8. The van der Waals surface area contributed by atoms with Crippen molar-refractivity contribution in [3.8, 4) is 0 Å². The van der Waals surface area contributed by atoms with Gasteiger partial charge in [0.15, 0.2) is 0 Å². The van der Waals surface area contributed by atoms with Gasteiger partial charge in [-0.2, -0.15) is 0 Å². The standard InChI is InChI=1S/C18H35N/c1-13(2)15-8-10-16(11-9-15)18(19-4)17-7-5-6-14(3)12-17/h13-19H,5-12H2,1-4H3. The molecule has 2 aliphatic rings. The molecule has 0 radical (unpaired) electrons. The fraction of sp³-hybridized carbons (Fsp3) is 1.00. The molecule has 0 aliphatic heterocycles. The van der Waals surface area contributed by atoms with Crippen LogP contribution in [0.5, 0.6) is 0 Å². The van der Waals surface area contributed by atoms with Crippen molar-refractivity contribution in [1.29, 1.82) is 0 Å². The Morgan fingerprint density at radius 1 is 0.842 bits per heavy atom. The molecule has 0 saturated heterocycles. The Balaban J connectivity index is 1.88. The van der Waals surface area contributed by atoms with Crippen molar-refractivity contribution in [2.24, 2.45) is 29.6 Å². The molecule has 0 aromatic carbocycles. The Hall–Kier alpha value is -0.0400. The number of hydrogen-bond donors (Lipinski definition) is 1. The summed E-state index contributed by atoms with van der Waals surface area (Å²) in [6.45, 7) is 7.27. The Morgan fingerprint density at radius 3 is 2.00 bits per heavy atom. The van der Waals surface area contributed by atoms with Crippen molar-refractivity contribution in [2.45, 2.75) is 78.2 Å². The van der Waals surface area contributed by atoms with Gasteiger partial charge in [0.25, 0.3) is 0 Å². The monoisotopic (exact) mass is 265 g/mol. The zero-order valence-electron chi connectivity index (χ0n) is 13.6. The summed E-state index contributed by atoms with van der Waals surface area (Å²) in [5.41, 5.74) is 0. The summed E-state index contributed by atoms with van der Waals surface area (Å²) in [7, 11) is 2.21. The van der Waals surface area contributed by atoms with Crippen LogP contribution in [0.15, 0.2) is 0 Å². The first-order chi connectivity index (χ1) is 9.11. The maximum Gasteiger partial charge on any atom is 0.0121 e. The Kier molecular flexibility index (Phi) is 5.74. The summed E-state index contributed by atoms with van der Waals surface area (Å²) < 4.78 is 0. The van der Waals surface area contributed by atoms with E-state index in [-0.39, 0.29) is 0 Å². The lowest BCUT2D eigenvalue weighted by molar-refractivity contribution is 0.130. The summed E-state index contributed by atoms with van der Waals surface area (Å²) in [6, 6.07) is 0.802. The van der Waals surface area contributed by atoms with Crippen molar-refractivity contribution in [3.05, 3.63) is 0 Å². The van der Waals surface area contributed by atoms with Gasteiger partial charge in [-0.3, -0.25) is 0 Å². The molecule has 1 nitrogen and oxygen atoms in total. The van der Waals surface area contributed by atoms with E-state index >= 15 is 0 Å². The number of nitrogens with one attached hydrogen (secondary N) is 1. The van der Waals surface area contributed by atoms with Gasteiger partial charge in [-0.05, 0) is 75.2 Å². The summed E-state index contributed by atoms with van der Waals surface area (Å²) in [6.07, 6.45) is 11.8. The molecule has 0 spiro atoms. The predicted octanol–water partition coefficient (Wildman–Crippen LogP) is 4.86. The highest BCUT2D eigenvalue weighted by Crippen LogP contribution is 2.40. The minimum atomic E-state index is 0.802. The third-order valence-corrected chi connectivity index (χ3v) is 6.09. The molecule has 0 heterocycles. The first-order valence-corrected chi connectivity index (χ1v) is 8.79. The van der Waals surface area contributed by atoms with Gasteiger partial charge >= 0.3 is 0 Å². The first kappa shape index (κ1) is 15.4. The second-order valence-electron chi connectivity index (χ2n) is 7.77. The second kappa shape index (κ2) is 7.11. The van der Waals surface area contributed by atoms with E-state index in [2.05, 4.69) is 33.1 Å². The SMILES string of the molecule is CNC(C1CCC(C(C)C)CC1)C1CCCC(C)C1. The molecule has 1 heteroatoms. The lowest BCUT2D eigenvalue weighted by Crippen LogP contribution is -2.43. The lowest BCUT2D eigenvalue weighted by Gasteiger charge is -2.41. The van der Waals surface area contributed by atoms with Crippen LogP contribution in [0.25, 0.3) is 0 Å². The molecule has 0 aromatic rings. The van der Waals surface area contributed by atoms with Crippen LogP contribution in [-0.4, -0.2) is 13.1 Å². The first-order valence-electron chi connectivity index (χ1n) is 8.79. The van der Waals surface area contributed by atoms with Crippen LogP contribution >= 0.6 is 0 Å². The van der Waals surface area contributed by atoms with Crippen molar-refractivity contribution in [1.82, 2.24) is 5.32 Å². The molecule has 2 fully saturated rings. The van der Waals surface area contributed by atoms with E-state index in [9.17, 15) is 0 Å². The van der Waals surface area contributed by atoms with Crippen molar-refractivity contribution >= 4 is 0 Å². The molecule has 0 aromatic heterocycles. The summed E-state index contributed by atoms with van der Waals surface area (Å²) in [4.78, 5) is 0. The second-order valence-corrected chi connectivity index (χ2v) is 7.77. The van der Waals surface area contributed by atoms with Gasteiger partial charge < -0.3 is 5.32 Å². The van der Waals surface area contributed by atoms with Crippen LogP contribution in [0.4, 0.5) is 0 Å². The highest BCUT2D eigenvalue weighted by Gasteiger charge is 2.34. The molecule has 2 aliphatic carbocycles. The average Bonchev–Trinajstić information content (AvgIpc) is 2.40. The molecular formula is C18H35N. The van der Waals surface area contributed by atoms with Gasteiger partial charge in [-0.15, -0.1) is 0 Å². The van der Waals surface area contributed by atoms with E-state index in [4.69, 9.17) is 0 Å². The van der Waals surface area contributed by atoms with E-state index < -0.39 is 0 Å². The van der Waals surface area contributed by atoms with E-state index in [0.29, 0.717) is 0 Å². The molecular weight excluding hydrogens is 230 g/mol. The van der Waals surface area contributed by atoms with Gasteiger partial charge in [-0.25, -0.2) is 0 Å². The van der Waals surface area contributed by atoms with Crippen LogP contribution in [0.3, 0.4) is 0 Å². The molecule has 112 valence electrons. The Labute approximate surface area is 120 Å². The zero-order valence-corrected chi connectivity index (χ0v) is 13.6. The van der Waals surface area contributed by atoms with E-state index in [1.807, 2.05) is 0 Å². The Morgan fingerprint density at radius 2 is 1.47 bits per heavy atom. The smallest absolute Gasteiger partial charge is 0.0121 e.